The monoisotopic (exact) mass is 250 g/mol. The van der Waals surface area contributed by atoms with Crippen LogP contribution < -0.4 is 10.2 Å². The fourth-order valence-electron chi connectivity index (χ4n) is 1.85. The molecule has 0 unspecified atom stereocenters. The van der Waals surface area contributed by atoms with Gasteiger partial charge in [-0.1, -0.05) is 6.92 Å². The molecule has 0 fully saturated rings. The highest BCUT2D eigenvalue weighted by Crippen LogP contribution is 2.17. The van der Waals surface area contributed by atoms with Crippen LogP contribution >= 0.6 is 0 Å². The molecule has 0 saturated heterocycles. The summed E-state index contributed by atoms with van der Waals surface area (Å²) >= 11 is 0. The zero-order valence-electron chi connectivity index (χ0n) is 12.1. The summed E-state index contributed by atoms with van der Waals surface area (Å²) in [5.41, 5.74) is 1.25. The van der Waals surface area contributed by atoms with Gasteiger partial charge in [-0.25, -0.2) is 4.98 Å². The van der Waals surface area contributed by atoms with Crippen molar-refractivity contribution >= 4 is 11.5 Å². The van der Waals surface area contributed by atoms with Crippen LogP contribution in [0.4, 0.5) is 11.5 Å². The van der Waals surface area contributed by atoms with Gasteiger partial charge in [-0.3, -0.25) is 0 Å². The van der Waals surface area contributed by atoms with Crippen LogP contribution in [0, 0.1) is 0 Å². The second kappa shape index (κ2) is 7.93. The van der Waals surface area contributed by atoms with E-state index < -0.39 is 0 Å². The normalized spacial score (nSPS) is 10.7. The Labute approximate surface area is 111 Å². The Morgan fingerprint density at radius 3 is 2.56 bits per heavy atom. The van der Waals surface area contributed by atoms with E-state index in [1.165, 1.54) is 5.69 Å². The minimum Gasteiger partial charge on any atom is -0.370 e. The lowest BCUT2D eigenvalue weighted by atomic mass is 10.3. The van der Waals surface area contributed by atoms with Gasteiger partial charge < -0.3 is 15.1 Å². The molecule has 1 aromatic rings. The number of hydrogen-bond acceptors (Lipinski definition) is 4. The van der Waals surface area contributed by atoms with E-state index in [1.54, 1.807) is 0 Å². The van der Waals surface area contributed by atoms with Crippen molar-refractivity contribution in [3.8, 4) is 0 Å². The molecule has 4 heteroatoms. The molecule has 0 atom stereocenters. The maximum atomic E-state index is 4.32. The van der Waals surface area contributed by atoms with Gasteiger partial charge in [0, 0.05) is 44.1 Å². The van der Waals surface area contributed by atoms with Crippen molar-refractivity contribution in [3.63, 3.8) is 0 Å². The van der Waals surface area contributed by atoms with Crippen molar-refractivity contribution in [1.82, 2.24) is 9.88 Å². The molecule has 0 aromatic carbocycles. The average molecular weight is 250 g/mol. The number of nitrogens with one attached hydrogen (secondary N) is 1. The van der Waals surface area contributed by atoms with E-state index in [9.17, 15) is 0 Å². The SMILES string of the molecule is CCCN(CCN(C)C)c1ccnc(NCC)c1. The number of aromatic nitrogens is 1. The summed E-state index contributed by atoms with van der Waals surface area (Å²) in [6, 6.07) is 4.22. The largest absolute Gasteiger partial charge is 0.370 e. The van der Waals surface area contributed by atoms with Crippen LogP contribution in [-0.2, 0) is 0 Å². The summed E-state index contributed by atoms with van der Waals surface area (Å²) in [6.45, 7) is 8.42. The summed E-state index contributed by atoms with van der Waals surface area (Å²) in [5, 5.41) is 3.26. The number of nitrogens with zero attached hydrogens (tertiary/aromatic N) is 3. The second-order valence-corrected chi connectivity index (χ2v) is 4.72. The summed E-state index contributed by atoms with van der Waals surface area (Å²) < 4.78 is 0. The molecule has 1 rings (SSSR count). The van der Waals surface area contributed by atoms with Gasteiger partial charge in [0.25, 0.3) is 0 Å². The third kappa shape index (κ3) is 4.92. The van der Waals surface area contributed by atoms with Crippen molar-refractivity contribution in [2.45, 2.75) is 20.3 Å². The first-order valence-corrected chi connectivity index (χ1v) is 6.77. The van der Waals surface area contributed by atoms with Crippen LogP contribution in [0.1, 0.15) is 20.3 Å². The molecule has 102 valence electrons. The molecular weight excluding hydrogens is 224 g/mol. The maximum Gasteiger partial charge on any atom is 0.127 e. The van der Waals surface area contributed by atoms with Crippen LogP contribution in [-0.4, -0.2) is 50.2 Å². The first-order valence-electron chi connectivity index (χ1n) is 6.77. The Morgan fingerprint density at radius 2 is 1.94 bits per heavy atom. The fourth-order valence-corrected chi connectivity index (χ4v) is 1.85. The van der Waals surface area contributed by atoms with Gasteiger partial charge in [-0.05, 0) is 33.5 Å². The van der Waals surface area contributed by atoms with Gasteiger partial charge in [0.15, 0.2) is 0 Å². The summed E-state index contributed by atoms with van der Waals surface area (Å²) in [5.74, 6) is 0.959. The minimum atomic E-state index is 0.905. The number of likely N-dealkylation sites (N-methyl/N-ethyl adjacent to an activating group) is 1. The van der Waals surface area contributed by atoms with Gasteiger partial charge in [0.1, 0.15) is 5.82 Å². The maximum absolute atomic E-state index is 4.32. The molecule has 0 aliphatic carbocycles. The van der Waals surface area contributed by atoms with Crippen LogP contribution in [0.25, 0.3) is 0 Å². The van der Waals surface area contributed by atoms with Crippen LogP contribution in [0.5, 0.6) is 0 Å². The average Bonchev–Trinajstić information content (AvgIpc) is 2.35. The lowest BCUT2D eigenvalue weighted by Gasteiger charge is -2.26. The minimum absolute atomic E-state index is 0.905. The van der Waals surface area contributed by atoms with Crippen molar-refractivity contribution in [2.75, 3.05) is 50.5 Å². The first kappa shape index (κ1) is 14.8. The van der Waals surface area contributed by atoms with Gasteiger partial charge in [0.05, 0.1) is 0 Å². The van der Waals surface area contributed by atoms with E-state index in [1.807, 2.05) is 6.20 Å². The molecule has 1 heterocycles. The Hall–Kier alpha value is -1.29. The number of anilines is 2. The molecule has 0 aliphatic heterocycles. The van der Waals surface area contributed by atoms with Crippen molar-refractivity contribution < 1.29 is 0 Å². The molecule has 1 aromatic heterocycles. The highest BCUT2D eigenvalue weighted by atomic mass is 15.2. The van der Waals surface area contributed by atoms with Gasteiger partial charge in [-0.15, -0.1) is 0 Å². The van der Waals surface area contributed by atoms with E-state index in [0.29, 0.717) is 0 Å². The van der Waals surface area contributed by atoms with Crippen LogP contribution in [0.2, 0.25) is 0 Å². The molecule has 1 N–H and O–H groups in total. The third-order valence-corrected chi connectivity index (χ3v) is 2.78. The summed E-state index contributed by atoms with van der Waals surface area (Å²) in [4.78, 5) is 8.96. The summed E-state index contributed by atoms with van der Waals surface area (Å²) in [6.07, 6.45) is 3.04. The van der Waals surface area contributed by atoms with Crippen molar-refractivity contribution in [2.24, 2.45) is 0 Å². The van der Waals surface area contributed by atoms with E-state index in [2.05, 4.69) is 60.2 Å². The van der Waals surface area contributed by atoms with Crippen LogP contribution in [0.15, 0.2) is 18.3 Å². The molecule has 0 amide bonds. The zero-order valence-corrected chi connectivity index (χ0v) is 12.1. The van der Waals surface area contributed by atoms with E-state index in [4.69, 9.17) is 0 Å². The Bertz CT molecular complexity index is 338. The lowest BCUT2D eigenvalue weighted by Crippen LogP contribution is -2.32. The van der Waals surface area contributed by atoms with E-state index >= 15 is 0 Å². The quantitative estimate of drug-likeness (QED) is 0.767. The molecular formula is C14H26N4. The van der Waals surface area contributed by atoms with Gasteiger partial charge in [-0.2, -0.15) is 0 Å². The lowest BCUT2D eigenvalue weighted by molar-refractivity contribution is 0.413. The standard InChI is InChI=1S/C14H26N4/c1-5-9-18(11-10-17(3)4)13-7-8-16-14(12-13)15-6-2/h7-8,12H,5-6,9-11H2,1-4H3,(H,15,16). The molecule has 4 nitrogen and oxygen atoms in total. The summed E-state index contributed by atoms with van der Waals surface area (Å²) in [7, 11) is 4.22. The molecule has 0 spiro atoms. The molecule has 0 aliphatic rings. The molecule has 18 heavy (non-hydrogen) atoms. The highest BCUT2D eigenvalue weighted by Gasteiger charge is 2.07. The molecule has 0 radical (unpaired) electrons. The van der Waals surface area contributed by atoms with Gasteiger partial charge >= 0.3 is 0 Å². The van der Waals surface area contributed by atoms with Crippen molar-refractivity contribution in [1.29, 1.82) is 0 Å². The molecule has 0 saturated carbocycles. The Kier molecular flexibility index (Phi) is 6.50. The zero-order chi connectivity index (χ0) is 13.4. The predicted molar refractivity (Wildman–Crippen MR) is 79.5 cm³/mol. The Morgan fingerprint density at radius 1 is 1.17 bits per heavy atom. The van der Waals surface area contributed by atoms with Gasteiger partial charge in [0.2, 0.25) is 0 Å². The number of hydrogen-bond donors (Lipinski definition) is 1. The second-order valence-electron chi connectivity index (χ2n) is 4.72. The Balaban J connectivity index is 2.73. The van der Waals surface area contributed by atoms with E-state index in [-0.39, 0.29) is 0 Å². The highest BCUT2D eigenvalue weighted by molar-refractivity contribution is 5.53. The van der Waals surface area contributed by atoms with Crippen molar-refractivity contribution in [3.05, 3.63) is 18.3 Å². The smallest absolute Gasteiger partial charge is 0.127 e. The van der Waals surface area contributed by atoms with Crippen LogP contribution in [0.3, 0.4) is 0 Å². The predicted octanol–water partition coefficient (Wildman–Crippen LogP) is 2.29. The molecule has 0 bridgehead atoms. The number of pyridine rings is 1. The first-order chi connectivity index (χ1) is 8.67. The topological polar surface area (TPSA) is 31.4 Å². The fraction of sp³-hybridized carbons (Fsp3) is 0.643. The third-order valence-electron chi connectivity index (χ3n) is 2.78. The van der Waals surface area contributed by atoms with E-state index in [0.717, 1.165) is 38.4 Å². The number of rotatable bonds is 8.